The van der Waals surface area contributed by atoms with Gasteiger partial charge < -0.3 is 20.0 Å². The fraction of sp³-hybridized carbons (Fsp3) is 0.100. The zero-order valence-electron chi connectivity index (χ0n) is 25.9. The van der Waals surface area contributed by atoms with Crippen LogP contribution in [0.15, 0.2) is 158 Å². The van der Waals surface area contributed by atoms with Crippen LogP contribution in [0.25, 0.3) is 11.1 Å². The van der Waals surface area contributed by atoms with Crippen LogP contribution in [0.5, 0.6) is 11.5 Å². The van der Waals surface area contributed by atoms with Crippen LogP contribution < -0.4 is 9.80 Å². The van der Waals surface area contributed by atoms with Crippen LogP contribution in [0.3, 0.4) is 0 Å². The minimum absolute atomic E-state index is 0.227. The molecule has 236 valence electrons. The van der Waals surface area contributed by atoms with E-state index in [1.807, 2.05) is 60.7 Å². The summed E-state index contributed by atoms with van der Waals surface area (Å²) in [5.41, 5.74) is 7.99. The fourth-order valence-electron chi connectivity index (χ4n) is 5.66. The standard InChI is InChI=1S/C36H28N2O2.C4H8O2S/c39-35-15-7-13-33(25-35)37(29-9-3-1-4-10-29)31-21-17-27(18-22-31)28-19-23-32(24-20-28)38(30-11-5-2-6-12-30)34-14-8-16-36(40)26-34;5-7(6)3-1-2-4-7/h1-26,39-40H;1-4H2. The second kappa shape index (κ2) is 14.3. The normalized spacial score (nSPS) is 13.3. The zero-order valence-corrected chi connectivity index (χ0v) is 26.7. The van der Waals surface area contributed by atoms with Crippen molar-refractivity contribution in [2.75, 3.05) is 21.3 Å². The quantitative estimate of drug-likeness (QED) is 0.181. The average molecular weight is 641 g/mol. The Hall–Kier alpha value is -5.53. The minimum atomic E-state index is -2.55. The van der Waals surface area contributed by atoms with Gasteiger partial charge in [-0.2, -0.15) is 0 Å². The molecule has 0 aliphatic carbocycles. The van der Waals surface area contributed by atoms with Crippen LogP contribution in [0, 0.1) is 0 Å². The first-order valence-electron chi connectivity index (χ1n) is 15.6. The molecule has 6 aromatic carbocycles. The van der Waals surface area contributed by atoms with E-state index in [-0.39, 0.29) is 11.5 Å². The summed E-state index contributed by atoms with van der Waals surface area (Å²) in [6.45, 7) is 0. The van der Waals surface area contributed by atoms with E-state index in [1.54, 1.807) is 24.3 Å². The average Bonchev–Trinajstić information content (AvgIpc) is 3.51. The predicted molar refractivity (Wildman–Crippen MR) is 192 cm³/mol. The second-order valence-electron chi connectivity index (χ2n) is 11.3. The van der Waals surface area contributed by atoms with Crippen molar-refractivity contribution in [3.05, 3.63) is 158 Å². The third kappa shape index (κ3) is 7.83. The van der Waals surface area contributed by atoms with E-state index in [4.69, 9.17) is 0 Å². The molecule has 1 aliphatic heterocycles. The monoisotopic (exact) mass is 640 g/mol. The number of rotatable bonds is 7. The molecule has 0 saturated carbocycles. The summed E-state index contributed by atoms with van der Waals surface area (Å²) in [5.74, 6) is 1.30. The smallest absolute Gasteiger partial charge is 0.150 e. The number of sulfone groups is 1. The molecular formula is C40H36N2O4S. The number of aromatic hydroxyl groups is 2. The van der Waals surface area contributed by atoms with E-state index < -0.39 is 9.84 Å². The number of phenolic OH excluding ortho intramolecular Hbond substituents is 2. The fourth-order valence-corrected chi connectivity index (χ4v) is 7.16. The van der Waals surface area contributed by atoms with Crippen molar-refractivity contribution in [3.8, 4) is 22.6 Å². The maximum Gasteiger partial charge on any atom is 0.150 e. The van der Waals surface area contributed by atoms with Crippen LogP contribution in [-0.4, -0.2) is 30.1 Å². The lowest BCUT2D eigenvalue weighted by Crippen LogP contribution is -2.09. The lowest BCUT2D eigenvalue weighted by molar-refractivity contribution is 0.475. The number of anilines is 6. The van der Waals surface area contributed by atoms with E-state index >= 15 is 0 Å². The number of para-hydroxylation sites is 2. The Balaban J connectivity index is 0.000000491. The van der Waals surface area contributed by atoms with Gasteiger partial charge in [-0.1, -0.05) is 72.8 Å². The number of hydrogen-bond donors (Lipinski definition) is 2. The number of hydrogen-bond acceptors (Lipinski definition) is 6. The van der Waals surface area contributed by atoms with Gasteiger partial charge in [-0.05, 0) is 96.8 Å². The van der Waals surface area contributed by atoms with E-state index in [0.717, 1.165) is 58.1 Å². The molecule has 7 rings (SSSR count). The van der Waals surface area contributed by atoms with Crippen molar-refractivity contribution in [2.45, 2.75) is 12.8 Å². The highest BCUT2D eigenvalue weighted by atomic mass is 32.2. The molecule has 6 aromatic rings. The highest BCUT2D eigenvalue weighted by molar-refractivity contribution is 7.91. The predicted octanol–water partition coefficient (Wildman–Crippen LogP) is 9.90. The van der Waals surface area contributed by atoms with Gasteiger partial charge in [0, 0.05) is 46.3 Å². The van der Waals surface area contributed by atoms with E-state index in [1.165, 1.54) is 0 Å². The van der Waals surface area contributed by atoms with Gasteiger partial charge in [0.1, 0.15) is 21.3 Å². The Morgan fingerprint density at radius 2 is 0.745 bits per heavy atom. The van der Waals surface area contributed by atoms with Crippen molar-refractivity contribution in [1.29, 1.82) is 0 Å². The third-order valence-corrected chi connectivity index (χ3v) is 9.77. The third-order valence-electron chi connectivity index (χ3n) is 7.95. The molecule has 0 spiro atoms. The maximum atomic E-state index is 10.4. The van der Waals surface area contributed by atoms with Crippen molar-refractivity contribution >= 4 is 44.0 Å². The minimum Gasteiger partial charge on any atom is -0.508 e. The molecule has 47 heavy (non-hydrogen) atoms. The van der Waals surface area contributed by atoms with Gasteiger partial charge in [0.2, 0.25) is 0 Å². The maximum absolute atomic E-state index is 10.4. The van der Waals surface area contributed by atoms with Gasteiger partial charge >= 0.3 is 0 Å². The molecule has 0 aromatic heterocycles. The molecular weight excluding hydrogens is 605 g/mol. The lowest BCUT2D eigenvalue weighted by Gasteiger charge is -2.26. The van der Waals surface area contributed by atoms with Crippen molar-refractivity contribution in [3.63, 3.8) is 0 Å². The van der Waals surface area contributed by atoms with Gasteiger partial charge in [0.25, 0.3) is 0 Å². The molecule has 6 nitrogen and oxygen atoms in total. The Morgan fingerprint density at radius 3 is 1.06 bits per heavy atom. The molecule has 0 radical (unpaired) electrons. The van der Waals surface area contributed by atoms with Gasteiger partial charge in [0.15, 0.2) is 0 Å². The largest absolute Gasteiger partial charge is 0.508 e. The molecule has 7 heteroatoms. The highest BCUT2D eigenvalue weighted by Gasteiger charge is 2.17. The topological polar surface area (TPSA) is 81.1 Å². The van der Waals surface area contributed by atoms with Crippen molar-refractivity contribution in [2.24, 2.45) is 0 Å². The molecule has 1 saturated heterocycles. The number of phenols is 2. The zero-order chi connectivity index (χ0) is 32.6. The summed E-state index contributed by atoms with van der Waals surface area (Å²) in [6, 6.07) is 51.7. The SMILES string of the molecule is O=S1(=O)CCCC1.Oc1cccc(N(c2ccccc2)c2ccc(-c3ccc(N(c4ccccc4)c4cccc(O)c4)cc3)cc2)c1. The Labute approximate surface area is 276 Å². The summed E-state index contributed by atoms with van der Waals surface area (Å²) in [6.07, 6.45) is 1.75. The summed E-state index contributed by atoms with van der Waals surface area (Å²) in [7, 11) is -2.55. The summed E-state index contributed by atoms with van der Waals surface area (Å²) >= 11 is 0. The first-order chi connectivity index (χ1) is 22.9. The molecule has 0 amide bonds. The highest BCUT2D eigenvalue weighted by Crippen LogP contribution is 2.39. The number of benzene rings is 6. The molecule has 2 N–H and O–H groups in total. The number of nitrogens with zero attached hydrogens (tertiary/aromatic N) is 2. The van der Waals surface area contributed by atoms with Crippen molar-refractivity contribution < 1.29 is 18.6 Å². The van der Waals surface area contributed by atoms with Crippen LogP contribution in [0.1, 0.15) is 12.8 Å². The van der Waals surface area contributed by atoms with Gasteiger partial charge in [-0.15, -0.1) is 0 Å². The first-order valence-corrected chi connectivity index (χ1v) is 17.4. The second-order valence-corrected chi connectivity index (χ2v) is 13.6. The van der Waals surface area contributed by atoms with Crippen LogP contribution in [0.4, 0.5) is 34.1 Å². The lowest BCUT2D eigenvalue weighted by atomic mass is 10.0. The van der Waals surface area contributed by atoms with Crippen molar-refractivity contribution in [1.82, 2.24) is 0 Å². The summed E-state index contributed by atoms with van der Waals surface area (Å²) < 4.78 is 20.9. The van der Waals surface area contributed by atoms with Gasteiger partial charge in [-0.25, -0.2) is 8.42 Å². The molecule has 1 aliphatic rings. The molecule has 1 heterocycles. The summed E-state index contributed by atoms with van der Waals surface area (Å²) in [5, 5.41) is 20.3. The van der Waals surface area contributed by atoms with Gasteiger partial charge in [0.05, 0.1) is 11.5 Å². The Bertz CT molecular complexity index is 1870. The van der Waals surface area contributed by atoms with Crippen LogP contribution >= 0.6 is 0 Å². The van der Waals surface area contributed by atoms with Crippen LogP contribution in [-0.2, 0) is 9.84 Å². The van der Waals surface area contributed by atoms with Gasteiger partial charge in [-0.3, -0.25) is 0 Å². The van der Waals surface area contributed by atoms with E-state index in [9.17, 15) is 18.6 Å². The van der Waals surface area contributed by atoms with E-state index in [0.29, 0.717) is 11.5 Å². The Morgan fingerprint density at radius 1 is 0.404 bits per heavy atom. The molecule has 0 bridgehead atoms. The van der Waals surface area contributed by atoms with E-state index in [2.05, 4.69) is 82.6 Å². The molecule has 0 atom stereocenters. The van der Waals surface area contributed by atoms with Crippen LogP contribution in [0.2, 0.25) is 0 Å². The Kier molecular flexibility index (Phi) is 9.55. The summed E-state index contributed by atoms with van der Waals surface area (Å²) in [4.78, 5) is 4.25. The molecule has 1 fully saturated rings. The first kappa shape index (κ1) is 31.5. The molecule has 0 unspecified atom stereocenters.